The number of nitrogens with one attached hydrogen (secondary N) is 2. The average Bonchev–Trinajstić information content (AvgIpc) is 2.89. The maximum atomic E-state index is 13.4. The van der Waals surface area contributed by atoms with Gasteiger partial charge in [-0.3, -0.25) is 14.9 Å². The smallest absolute Gasteiger partial charge is 0.324 e. The lowest BCUT2D eigenvalue weighted by Gasteiger charge is -2.33. The molecule has 8 nitrogen and oxygen atoms in total. The van der Waals surface area contributed by atoms with Gasteiger partial charge in [-0.1, -0.05) is 42.0 Å². The van der Waals surface area contributed by atoms with E-state index in [4.69, 9.17) is 14.7 Å². The number of carbonyl (C=O) groups is 2. The summed E-state index contributed by atoms with van der Waals surface area (Å²) in [6, 6.07) is 17.1. The van der Waals surface area contributed by atoms with Crippen LogP contribution >= 0.6 is 0 Å². The number of aryl methyl sites for hydroxylation is 1. The Kier molecular flexibility index (Phi) is 9.68. The summed E-state index contributed by atoms with van der Waals surface area (Å²) in [5, 5.41) is 10.7. The molecule has 2 fully saturated rings. The molecule has 0 aliphatic carbocycles. The van der Waals surface area contributed by atoms with Crippen LogP contribution in [0.15, 0.2) is 48.5 Å². The van der Waals surface area contributed by atoms with Crippen LogP contribution in [0.4, 0.5) is 10.5 Å². The van der Waals surface area contributed by atoms with Crippen LogP contribution in [-0.2, 0) is 16.1 Å². The van der Waals surface area contributed by atoms with Gasteiger partial charge in [0.25, 0.3) is 0 Å². The second-order valence-electron chi connectivity index (χ2n) is 8.32. The first-order valence-electron chi connectivity index (χ1n) is 11.5. The predicted molar refractivity (Wildman–Crippen MR) is 127 cm³/mol. The number of rotatable bonds is 5. The third-order valence-electron chi connectivity index (χ3n) is 6.02. The first-order chi connectivity index (χ1) is 16.1. The van der Waals surface area contributed by atoms with E-state index in [-0.39, 0.29) is 12.4 Å². The molecule has 0 atom stereocenters. The van der Waals surface area contributed by atoms with E-state index >= 15 is 0 Å². The SMILES string of the molecule is Cc1ccc(CN(C(=O)N2CCOCC2)c2cccc(C3CCNCC3)c2)cc1.O=CNO. The normalized spacial score (nSPS) is 16.4. The van der Waals surface area contributed by atoms with Crippen molar-refractivity contribution in [3.05, 3.63) is 65.2 Å². The lowest BCUT2D eigenvalue weighted by Crippen LogP contribution is -2.48. The molecule has 2 aromatic carbocycles. The molecule has 3 amide bonds. The van der Waals surface area contributed by atoms with Crippen LogP contribution in [0.3, 0.4) is 0 Å². The van der Waals surface area contributed by atoms with Gasteiger partial charge in [0.2, 0.25) is 6.41 Å². The number of benzene rings is 2. The Bertz CT molecular complexity index is 878. The molecule has 178 valence electrons. The molecule has 0 unspecified atom stereocenters. The summed E-state index contributed by atoms with van der Waals surface area (Å²) in [5.74, 6) is 0.566. The number of hydroxylamine groups is 1. The first kappa shape index (κ1) is 24.7. The number of urea groups is 1. The molecule has 2 aromatic rings. The lowest BCUT2D eigenvalue weighted by molar-refractivity contribution is -0.116. The van der Waals surface area contributed by atoms with Gasteiger partial charge < -0.3 is 15.0 Å². The summed E-state index contributed by atoms with van der Waals surface area (Å²) in [5.41, 5.74) is 5.95. The molecule has 2 heterocycles. The van der Waals surface area contributed by atoms with E-state index in [1.54, 1.807) is 0 Å². The van der Waals surface area contributed by atoms with Crippen LogP contribution in [0.25, 0.3) is 0 Å². The van der Waals surface area contributed by atoms with E-state index in [1.165, 1.54) is 16.6 Å². The van der Waals surface area contributed by atoms with Gasteiger partial charge in [-0.15, -0.1) is 0 Å². The molecule has 0 bridgehead atoms. The number of morpholine rings is 1. The van der Waals surface area contributed by atoms with Crippen LogP contribution in [0, 0.1) is 6.92 Å². The highest BCUT2D eigenvalue weighted by Gasteiger charge is 2.25. The minimum Gasteiger partial charge on any atom is -0.378 e. The molecule has 2 saturated heterocycles. The number of carbonyl (C=O) groups excluding carboxylic acids is 2. The molecule has 0 aromatic heterocycles. The molecule has 0 spiro atoms. The van der Waals surface area contributed by atoms with Crippen LogP contribution in [0.2, 0.25) is 0 Å². The van der Waals surface area contributed by atoms with Gasteiger partial charge in [-0.2, -0.15) is 0 Å². The van der Waals surface area contributed by atoms with E-state index in [9.17, 15) is 4.79 Å². The maximum Gasteiger partial charge on any atom is 0.324 e. The first-order valence-corrected chi connectivity index (χ1v) is 11.5. The standard InChI is InChI=1S/C24H31N3O2.CH3NO2/c1-19-5-7-20(8-6-19)18-27(24(28)26-13-15-29-16-14-26)23-4-2-3-22(17-23)21-9-11-25-12-10-21;3-1-2-4/h2-8,17,21,25H,9-16,18H2,1H3;1,4H,(H,2,3). The second kappa shape index (κ2) is 12.9. The van der Waals surface area contributed by atoms with Crippen molar-refractivity contribution >= 4 is 18.1 Å². The van der Waals surface area contributed by atoms with Crippen molar-refractivity contribution in [2.75, 3.05) is 44.3 Å². The molecule has 8 heteroatoms. The number of anilines is 1. The number of nitrogens with zero attached hydrogens (tertiary/aromatic N) is 2. The van der Waals surface area contributed by atoms with Crippen molar-refractivity contribution in [2.24, 2.45) is 0 Å². The van der Waals surface area contributed by atoms with Gasteiger partial charge in [-0.05, 0) is 62.0 Å². The van der Waals surface area contributed by atoms with E-state index in [0.717, 1.165) is 37.2 Å². The summed E-state index contributed by atoms with van der Waals surface area (Å²) in [6.45, 7) is 7.31. The van der Waals surface area contributed by atoms with Gasteiger partial charge in [0.15, 0.2) is 0 Å². The molecule has 2 aliphatic heterocycles. The van der Waals surface area contributed by atoms with Gasteiger partial charge in [-0.25, -0.2) is 10.3 Å². The van der Waals surface area contributed by atoms with Gasteiger partial charge in [0.1, 0.15) is 0 Å². The zero-order valence-corrected chi connectivity index (χ0v) is 19.2. The van der Waals surface area contributed by atoms with Crippen molar-refractivity contribution in [2.45, 2.75) is 32.2 Å². The summed E-state index contributed by atoms with van der Waals surface area (Å²) in [7, 11) is 0. The van der Waals surface area contributed by atoms with Crippen molar-refractivity contribution in [1.29, 1.82) is 0 Å². The summed E-state index contributed by atoms with van der Waals surface area (Å²) >= 11 is 0. The fourth-order valence-electron chi connectivity index (χ4n) is 4.17. The Labute approximate surface area is 195 Å². The number of amides is 3. The minimum atomic E-state index is 0.0661. The highest BCUT2D eigenvalue weighted by atomic mass is 16.5. The molecular weight excluding hydrogens is 420 g/mol. The molecule has 2 aliphatic rings. The van der Waals surface area contributed by atoms with Gasteiger partial charge >= 0.3 is 6.03 Å². The van der Waals surface area contributed by atoms with Crippen molar-refractivity contribution in [3.63, 3.8) is 0 Å². The van der Waals surface area contributed by atoms with Crippen molar-refractivity contribution in [1.82, 2.24) is 15.7 Å². The highest BCUT2D eigenvalue weighted by Crippen LogP contribution is 2.29. The Morgan fingerprint density at radius 3 is 2.48 bits per heavy atom. The van der Waals surface area contributed by atoms with Crippen LogP contribution < -0.4 is 15.7 Å². The topological polar surface area (TPSA) is 94.1 Å². The minimum absolute atomic E-state index is 0.0661. The largest absolute Gasteiger partial charge is 0.378 e. The number of piperidine rings is 1. The lowest BCUT2D eigenvalue weighted by atomic mass is 9.90. The van der Waals surface area contributed by atoms with Crippen molar-refractivity contribution < 1.29 is 19.5 Å². The molecule has 4 rings (SSSR count). The van der Waals surface area contributed by atoms with E-state index in [0.29, 0.717) is 38.8 Å². The third-order valence-corrected chi connectivity index (χ3v) is 6.02. The van der Waals surface area contributed by atoms with Gasteiger partial charge in [0.05, 0.1) is 19.8 Å². The van der Waals surface area contributed by atoms with Gasteiger partial charge in [0, 0.05) is 18.8 Å². The fourth-order valence-corrected chi connectivity index (χ4v) is 4.17. The summed E-state index contributed by atoms with van der Waals surface area (Å²) < 4.78 is 5.45. The Morgan fingerprint density at radius 2 is 1.85 bits per heavy atom. The molecule has 3 N–H and O–H groups in total. The number of hydrogen-bond acceptors (Lipinski definition) is 5. The highest BCUT2D eigenvalue weighted by molar-refractivity contribution is 5.92. The van der Waals surface area contributed by atoms with E-state index in [2.05, 4.69) is 60.8 Å². The Balaban J connectivity index is 0.000000709. The summed E-state index contributed by atoms with van der Waals surface area (Å²) in [6.07, 6.45) is 2.48. The van der Waals surface area contributed by atoms with Crippen molar-refractivity contribution in [3.8, 4) is 0 Å². The number of hydrogen-bond donors (Lipinski definition) is 3. The molecule has 0 radical (unpaired) electrons. The third kappa shape index (κ3) is 7.28. The van der Waals surface area contributed by atoms with Crippen LogP contribution in [0.1, 0.15) is 35.4 Å². The zero-order valence-electron chi connectivity index (χ0n) is 19.2. The van der Waals surface area contributed by atoms with Crippen LogP contribution in [0.5, 0.6) is 0 Å². The monoisotopic (exact) mass is 454 g/mol. The predicted octanol–water partition coefficient (Wildman–Crippen LogP) is 3.04. The molecule has 33 heavy (non-hydrogen) atoms. The average molecular weight is 455 g/mol. The Morgan fingerprint density at radius 1 is 1.18 bits per heavy atom. The van der Waals surface area contributed by atoms with E-state index in [1.807, 2.05) is 9.80 Å². The Hall–Kier alpha value is -2.94. The maximum absolute atomic E-state index is 13.4. The van der Waals surface area contributed by atoms with Crippen LogP contribution in [-0.4, -0.2) is 61.9 Å². The quantitative estimate of drug-likeness (QED) is 0.367. The molecule has 0 saturated carbocycles. The van der Waals surface area contributed by atoms with E-state index < -0.39 is 0 Å². The molecular formula is C25H34N4O4. The summed E-state index contributed by atoms with van der Waals surface area (Å²) in [4.78, 5) is 26.1. The zero-order chi connectivity index (χ0) is 23.5. The second-order valence-corrected chi connectivity index (χ2v) is 8.32. The number of ether oxygens (including phenoxy) is 1. The fraction of sp³-hybridized carbons (Fsp3) is 0.440.